The molecule has 0 aromatic heterocycles. The van der Waals surface area contributed by atoms with Gasteiger partial charge in [-0.25, -0.2) is 0 Å². The number of nitrogens with zero attached hydrogens (tertiary/aromatic N) is 2. The minimum Gasteiger partial charge on any atom is -0.409 e. The van der Waals surface area contributed by atoms with Crippen molar-refractivity contribution in [3.05, 3.63) is 0 Å². The van der Waals surface area contributed by atoms with Crippen molar-refractivity contribution in [2.24, 2.45) is 22.2 Å². The molecule has 1 amide bonds. The fourth-order valence-electron chi connectivity index (χ4n) is 2.33. The lowest BCUT2D eigenvalue weighted by Gasteiger charge is -2.43. The summed E-state index contributed by atoms with van der Waals surface area (Å²) in [6.07, 6.45) is 1.29. The summed E-state index contributed by atoms with van der Waals surface area (Å²) in [5.74, 6) is 0.322. The molecule has 1 aliphatic carbocycles. The van der Waals surface area contributed by atoms with Gasteiger partial charge in [0.05, 0.1) is 0 Å². The lowest BCUT2D eigenvalue weighted by molar-refractivity contribution is -0.133. The van der Waals surface area contributed by atoms with Gasteiger partial charge in [0.1, 0.15) is 5.41 Å². The largest absolute Gasteiger partial charge is 0.409 e. The van der Waals surface area contributed by atoms with E-state index < -0.39 is 5.41 Å². The Morgan fingerprint density at radius 3 is 2.56 bits per heavy atom. The maximum absolute atomic E-state index is 12.2. The first-order valence-corrected chi connectivity index (χ1v) is 6.26. The smallest absolute Gasteiger partial charge is 0.234 e. The molecular formula is C12H24N4O2. The predicted octanol–water partition coefficient (Wildman–Crippen LogP) is 0.215. The Labute approximate surface area is 108 Å². The second-order valence-electron chi connectivity index (χ2n) is 5.60. The van der Waals surface area contributed by atoms with Crippen LogP contribution in [0.25, 0.3) is 0 Å². The highest BCUT2D eigenvalue weighted by molar-refractivity contribution is 6.07. The minimum atomic E-state index is -0.805. The minimum absolute atomic E-state index is 0.0237. The van der Waals surface area contributed by atoms with Crippen molar-refractivity contribution in [1.82, 2.24) is 10.2 Å². The molecule has 1 fully saturated rings. The number of nitrogens with two attached hydrogens (primary N) is 1. The molecule has 1 saturated carbocycles. The Morgan fingerprint density at radius 2 is 2.17 bits per heavy atom. The monoisotopic (exact) mass is 256 g/mol. The van der Waals surface area contributed by atoms with Crippen LogP contribution >= 0.6 is 0 Å². The summed E-state index contributed by atoms with van der Waals surface area (Å²) in [6, 6.07) is 0.246. The molecule has 0 spiro atoms. The van der Waals surface area contributed by atoms with Crippen molar-refractivity contribution in [2.75, 3.05) is 20.6 Å². The number of hydrogen-bond donors (Lipinski definition) is 3. The second-order valence-corrected chi connectivity index (χ2v) is 5.60. The molecule has 1 unspecified atom stereocenters. The molecule has 1 rings (SSSR count). The summed E-state index contributed by atoms with van der Waals surface area (Å²) in [7, 11) is 3.92. The lowest BCUT2D eigenvalue weighted by atomic mass is 9.61. The molecule has 6 nitrogen and oxygen atoms in total. The Balaban J connectivity index is 2.63. The van der Waals surface area contributed by atoms with Crippen LogP contribution in [0.15, 0.2) is 5.16 Å². The van der Waals surface area contributed by atoms with E-state index in [1.54, 1.807) is 0 Å². The number of carbonyl (C=O) groups is 1. The van der Waals surface area contributed by atoms with Crippen LogP contribution in [0, 0.1) is 11.3 Å². The third-order valence-electron chi connectivity index (χ3n) is 3.87. The highest BCUT2D eigenvalue weighted by Crippen LogP contribution is 2.45. The Morgan fingerprint density at radius 1 is 1.61 bits per heavy atom. The first kappa shape index (κ1) is 14.8. The van der Waals surface area contributed by atoms with Crippen molar-refractivity contribution in [2.45, 2.75) is 32.7 Å². The first-order chi connectivity index (χ1) is 8.33. The van der Waals surface area contributed by atoms with Gasteiger partial charge in [-0.15, -0.1) is 0 Å². The Hall–Kier alpha value is -1.30. The van der Waals surface area contributed by atoms with E-state index in [1.807, 2.05) is 25.9 Å². The number of nitrogens with one attached hydrogen (secondary N) is 1. The van der Waals surface area contributed by atoms with Crippen LogP contribution in [0.1, 0.15) is 26.7 Å². The van der Waals surface area contributed by atoms with E-state index in [-0.39, 0.29) is 17.8 Å². The molecule has 0 heterocycles. The summed E-state index contributed by atoms with van der Waals surface area (Å²) in [5, 5.41) is 14.7. The van der Waals surface area contributed by atoms with Crippen LogP contribution in [-0.2, 0) is 4.79 Å². The summed E-state index contributed by atoms with van der Waals surface area (Å²) < 4.78 is 0. The van der Waals surface area contributed by atoms with Crippen LogP contribution < -0.4 is 11.1 Å². The highest BCUT2D eigenvalue weighted by atomic mass is 16.4. The number of likely N-dealkylation sites (N-methyl/N-ethyl adjacent to an activating group) is 1. The van der Waals surface area contributed by atoms with Gasteiger partial charge < -0.3 is 21.2 Å². The average molecular weight is 256 g/mol. The molecule has 0 bridgehead atoms. The van der Waals surface area contributed by atoms with Crippen molar-refractivity contribution < 1.29 is 10.0 Å². The molecule has 18 heavy (non-hydrogen) atoms. The molecule has 4 N–H and O–H groups in total. The number of oxime groups is 1. The Kier molecular flexibility index (Phi) is 4.56. The van der Waals surface area contributed by atoms with Gasteiger partial charge >= 0.3 is 0 Å². The fourth-order valence-corrected chi connectivity index (χ4v) is 2.33. The standard InChI is InChI=1S/C12H24N4O2/c1-8-5-12(6-8,10(13)15-18)11(17)14-7-9(2)16(3)4/h8-9,18H,5-7H2,1-4H3,(H2,13,15)(H,14,17). The third kappa shape index (κ3) is 2.75. The Bertz CT molecular complexity index is 335. The second kappa shape index (κ2) is 5.56. The molecule has 0 saturated heterocycles. The van der Waals surface area contributed by atoms with Crippen molar-refractivity contribution >= 4 is 11.7 Å². The maximum atomic E-state index is 12.2. The van der Waals surface area contributed by atoms with E-state index in [4.69, 9.17) is 10.9 Å². The molecule has 1 atom stereocenters. The van der Waals surface area contributed by atoms with Gasteiger partial charge in [-0.1, -0.05) is 12.1 Å². The average Bonchev–Trinajstić information content (AvgIpc) is 2.29. The van der Waals surface area contributed by atoms with E-state index in [1.165, 1.54) is 0 Å². The van der Waals surface area contributed by atoms with Crippen molar-refractivity contribution in [3.63, 3.8) is 0 Å². The van der Waals surface area contributed by atoms with E-state index >= 15 is 0 Å². The molecule has 0 radical (unpaired) electrons. The summed E-state index contributed by atoms with van der Waals surface area (Å²) in [5.41, 5.74) is 4.87. The number of rotatable bonds is 5. The van der Waals surface area contributed by atoms with E-state index in [9.17, 15) is 4.79 Å². The zero-order valence-corrected chi connectivity index (χ0v) is 11.6. The van der Waals surface area contributed by atoms with Gasteiger partial charge in [0.15, 0.2) is 5.84 Å². The van der Waals surface area contributed by atoms with Gasteiger partial charge in [-0.3, -0.25) is 4.79 Å². The fraction of sp³-hybridized carbons (Fsp3) is 0.833. The zero-order chi connectivity index (χ0) is 13.9. The van der Waals surface area contributed by atoms with Crippen LogP contribution in [0.5, 0.6) is 0 Å². The van der Waals surface area contributed by atoms with Crippen LogP contribution in [0.3, 0.4) is 0 Å². The SMILES string of the molecule is CC1CC(C(=O)NCC(C)N(C)C)(C(N)=NO)C1. The van der Waals surface area contributed by atoms with Gasteiger partial charge in [-0.2, -0.15) is 0 Å². The third-order valence-corrected chi connectivity index (χ3v) is 3.87. The number of carbonyl (C=O) groups excluding carboxylic acids is 1. The molecule has 0 aromatic carbocycles. The molecule has 104 valence electrons. The summed E-state index contributed by atoms with van der Waals surface area (Å²) in [4.78, 5) is 14.2. The number of amidine groups is 1. The molecule has 1 aliphatic rings. The van der Waals surface area contributed by atoms with E-state index in [0.29, 0.717) is 25.3 Å². The van der Waals surface area contributed by atoms with Gasteiger partial charge in [0, 0.05) is 12.6 Å². The summed E-state index contributed by atoms with van der Waals surface area (Å²) >= 11 is 0. The zero-order valence-electron chi connectivity index (χ0n) is 11.6. The molecule has 6 heteroatoms. The van der Waals surface area contributed by atoms with Crippen LogP contribution in [-0.4, -0.2) is 48.5 Å². The maximum Gasteiger partial charge on any atom is 0.234 e. The lowest BCUT2D eigenvalue weighted by Crippen LogP contribution is -2.57. The normalized spacial score (nSPS) is 29.8. The topological polar surface area (TPSA) is 91.0 Å². The van der Waals surface area contributed by atoms with E-state index in [2.05, 4.69) is 17.4 Å². The predicted molar refractivity (Wildman–Crippen MR) is 70.4 cm³/mol. The van der Waals surface area contributed by atoms with Gasteiger partial charge in [0.25, 0.3) is 0 Å². The van der Waals surface area contributed by atoms with Crippen molar-refractivity contribution in [1.29, 1.82) is 0 Å². The highest BCUT2D eigenvalue weighted by Gasteiger charge is 2.52. The van der Waals surface area contributed by atoms with Crippen LogP contribution in [0.2, 0.25) is 0 Å². The molecule has 0 aliphatic heterocycles. The molecule has 0 aromatic rings. The van der Waals surface area contributed by atoms with E-state index in [0.717, 1.165) is 0 Å². The number of amides is 1. The van der Waals surface area contributed by atoms with Gasteiger partial charge in [0.2, 0.25) is 5.91 Å². The quantitative estimate of drug-likeness (QED) is 0.284. The number of hydrogen-bond acceptors (Lipinski definition) is 4. The first-order valence-electron chi connectivity index (χ1n) is 6.26. The van der Waals surface area contributed by atoms with Crippen LogP contribution in [0.4, 0.5) is 0 Å². The summed E-state index contributed by atoms with van der Waals surface area (Å²) in [6.45, 7) is 4.64. The molecular weight excluding hydrogens is 232 g/mol. The van der Waals surface area contributed by atoms with Gasteiger partial charge in [-0.05, 0) is 39.8 Å². The van der Waals surface area contributed by atoms with Crippen molar-refractivity contribution in [3.8, 4) is 0 Å².